The van der Waals surface area contributed by atoms with E-state index in [1.165, 1.54) is 5.56 Å². The summed E-state index contributed by atoms with van der Waals surface area (Å²) < 4.78 is 6.99. The van der Waals surface area contributed by atoms with E-state index in [1.807, 2.05) is 26.0 Å². The van der Waals surface area contributed by atoms with Crippen LogP contribution in [0.3, 0.4) is 0 Å². The number of nitrogens with zero attached hydrogens (tertiary/aromatic N) is 2. The Morgan fingerprint density at radius 3 is 2.88 bits per heavy atom. The first kappa shape index (κ1) is 19.8. The van der Waals surface area contributed by atoms with E-state index >= 15 is 0 Å². The molecule has 5 heterocycles. The monoisotopic (exact) mass is 451 g/mol. The van der Waals surface area contributed by atoms with Crippen molar-refractivity contribution in [3.05, 3.63) is 55.3 Å². The van der Waals surface area contributed by atoms with Gasteiger partial charge in [0.1, 0.15) is 6.61 Å². The fourth-order valence-corrected chi connectivity index (χ4v) is 5.63. The van der Waals surface area contributed by atoms with Crippen molar-refractivity contribution in [2.24, 2.45) is 5.92 Å². The third kappa shape index (κ3) is 2.49. The number of hydrogen-bond donors (Lipinski definition) is 2. The van der Waals surface area contributed by atoms with Crippen LogP contribution in [0.1, 0.15) is 47.3 Å². The molecule has 0 spiro atoms. The number of nitrogens with one attached hydrogen (secondary N) is 1. The smallest absolute Gasteiger partial charge is 0.312 e. The minimum absolute atomic E-state index is 0.128. The molecule has 1 aromatic carbocycles. The quantitative estimate of drug-likeness (QED) is 0.430. The largest absolute Gasteiger partial charge is 0.460 e. The molecule has 164 valence electrons. The number of aliphatic hydroxyl groups is 1. The van der Waals surface area contributed by atoms with Crippen LogP contribution in [0.5, 0.6) is 0 Å². The maximum absolute atomic E-state index is 13.4. The fourth-order valence-electron chi connectivity index (χ4n) is 5.41. The average molecular weight is 452 g/mol. The normalized spacial score (nSPS) is 20.8. The summed E-state index contributed by atoms with van der Waals surface area (Å²) in [4.78, 5) is 30.7. The van der Waals surface area contributed by atoms with E-state index < -0.39 is 18.0 Å². The molecule has 0 amide bonds. The maximum Gasteiger partial charge on any atom is 0.312 e. The third-order valence-corrected chi connectivity index (χ3v) is 7.57. The van der Waals surface area contributed by atoms with E-state index in [4.69, 9.17) is 21.3 Å². The van der Waals surface area contributed by atoms with Gasteiger partial charge in [0.15, 0.2) is 0 Å². The molecule has 2 N–H and O–H groups in total. The van der Waals surface area contributed by atoms with Crippen LogP contribution in [0.2, 0.25) is 5.02 Å². The molecule has 0 saturated carbocycles. The lowest BCUT2D eigenvalue weighted by atomic mass is 9.91. The molecule has 0 bridgehead atoms. The molecule has 3 aromatic rings. The lowest BCUT2D eigenvalue weighted by molar-refractivity contribution is -0.153. The van der Waals surface area contributed by atoms with Crippen LogP contribution in [-0.4, -0.2) is 27.2 Å². The van der Waals surface area contributed by atoms with E-state index in [9.17, 15) is 14.7 Å². The molecule has 3 aliphatic heterocycles. The van der Waals surface area contributed by atoms with Gasteiger partial charge in [-0.05, 0) is 48.6 Å². The van der Waals surface area contributed by atoms with Crippen LogP contribution in [0, 0.1) is 12.8 Å². The fraction of sp³-hybridized carbons (Fsp3) is 0.375. The van der Waals surface area contributed by atoms with E-state index in [0.717, 1.165) is 40.7 Å². The van der Waals surface area contributed by atoms with Gasteiger partial charge in [0.2, 0.25) is 0 Å². The van der Waals surface area contributed by atoms with Crippen LogP contribution in [0.4, 0.5) is 5.69 Å². The molecule has 7 nitrogen and oxygen atoms in total. The first-order valence-electron chi connectivity index (χ1n) is 10.9. The summed E-state index contributed by atoms with van der Waals surface area (Å²) in [6.07, 6.45) is 0.202. The van der Waals surface area contributed by atoms with Crippen molar-refractivity contribution < 1.29 is 14.6 Å². The number of pyridine rings is 2. The Hall–Kier alpha value is -2.90. The molecule has 0 saturated heterocycles. The van der Waals surface area contributed by atoms with Crippen molar-refractivity contribution in [1.29, 1.82) is 0 Å². The number of carbonyl (C=O) groups is 1. The van der Waals surface area contributed by atoms with Gasteiger partial charge < -0.3 is 19.7 Å². The molecule has 0 fully saturated rings. The Morgan fingerprint density at radius 1 is 1.28 bits per heavy atom. The van der Waals surface area contributed by atoms with Gasteiger partial charge in [-0.1, -0.05) is 18.5 Å². The molecule has 3 aliphatic rings. The predicted octanol–water partition coefficient (Wildman–Crippen LogP) is 3.47. The second-order valence-electron chi connectivity index (χ2n) is 8.77. The number of aromatic nitrogens is 2. The SMILES string of the molecule is CC[C@H]1C(=O)OCc2c(cc3n(c2=O)Cc2c-3nc3cc(Cl)c(C)c4c3c2NCC4)[C@H]1O. The summed E-state index contributed by atoms with van der Waals surface area (Å²) in [7, 11) is 0. The van der Waals surface area contributed by atoms with Crippen molar-refractivity contribution >= 4 is 34.2 Å². The second-order valence-corrected chi connectivity index (χ2v) is 9.18. The molecule has 6 rings (SSSR count). The Bertz CT molecular complexity index is 1410. The first-order valence-corrected chi connectivity index (χ1v) is 11.3. The predicted molar refractivity (Wildman–Crippen MR) is 121 cm³/mol. The number of esters is 1. The summed E-state index contributed by atoms with van der Waals surface area (Å²) in [5.41, 5.74) is 6.93. The molecule has 0 radical (unpaired) electrons. The number of cyclic esters (lactones) is 1. The standard InChI is InChI=1S/C24H22ClN3O4/c1-3-11-22(29)13-6-18-20-14(8-28(18)23(30)15(13)9-32-24(11)31)21-19-12(4-5-26-21)10(2)16(25)7-17(19)27-20/h6-7,11,22,26,29H,3-5,8-9H2,1-2H3/t11-,22+/m1/s1. The minimum Gasteiger partial charge on any atom is -0.460 e. The first-order chi connectivity index (χ1) is 15.4. The number of anilines is 1. The van der Waals surface area contributed by atoms with E-state index in [0.29, 0.717) is 40.5 Å². The number of fused-ring (bicyclic) bond motifs is 5. The number of aliphatic hydroxyl groups excluding tert-OH is 1. The van der Waals surface area contributed by atoms with E-state index in [1.54, 1.807) is 4.57 Å². The third-order valence-electron chi connectivity index (χ3n) is 7.17. The molecule has 0 aliphatic carbocycles. The van der Waals surface area contributed by atoms with E-state index in [2.05, 4.69) is 5.32 Å². The Kier molecular flexibility index (Phi) is 4.20. The zero-order valence-corrected chi connectivity index (χ0v) is 18.5. The van der Waals surface area contributed by atoms with Crippen molar-refractivity contribution in [2.75, 3.05) is 11.9 Å². The highest BCUT2D eigenvalue weighted by atomic mass is 35.5. The van der Waals surface area contributed by atoms with Crippen molar-refractivity contribution in [1.82, 2.24) is 9.55 Å². The Balaban J connectivity index is 1.63. The highest BCUT2D eigenvalue weighted by molar-refractivity contribution is 6.32. The minimum atomic E-state index is -1.09. The highest BCUT2D eigenvalue weighted by Crippen LogP contribution is 2.44. The summed E-state index contributed by atoms with van der Waals surface area (Å²) in [6, 6.07) is 3.69. The Morgan fingerprint density at radius 2 is 2.09 bits per heavy atom. The molecular formula is C24H22ClN3O4. The molecular weight excluding hydrogens is 430 g/mol. The number of benzene rings is 1. The van der Waals surface area contributed by atoms with Crippen LogP contribution >= 0.6 is 11.6 Å². The second kappa shape index (κ2) is 6.80. The van der Waals surface area contributed by atoms with Gasteiger partial charge in [0.05, 0.1) is 46.7 Å². The van der Waals surface area contributed by atoms with Crippen LogP contribution in [-0.2, 0) is 29.1 Å². The molecule has 32 heavy (non-hydrogen) atoms. The van der Waals surface area contributed by atoms with Gasteiger partial charge in [0, 0.05) is 22.5 Å². The van der Waals surface area contributed by atoms with Crippen LogP contribution in [0.15, 0.2) is 16.9 Å². The zero-order chi connectivity index (χ0) is 22.3. The highest BCUT2D eigenvalue weighted by Gasteiger charge is 2.37. The summed E-state index contributed by atoms with van der Waals surface area (Å²) in [5, 5.41) is 16.2. The van der Waals surface area contributed by atoms with Crippen LogP contribution in [0.25, 0.3) is 22.3 Å². The Labute approximate surface area is 189 Å². The van der Waals surface area contributed by atoms with Gasteiger partial charge in [-0.2, -0.15) is 0 Å². The summed E-state index contributed by atoms with van der Waals surface area (Å²) in [5.74, 6) is -1.17. The van der Waals surface area contributed by atoms with Gasteiger partial charge in [-0.15, -0.1) is 0 Å². The average Bonchev–Trinajstić information content (AvgIpc) is 3.10. The summed E-state index contributed by atoms with van der Waals surface area (Å²) >= 11 is 6.51. The molecule has 2 atom stereocenters. The van der Waals surface area contributed by atoms with Gasteiger partial charge in [-0.25, -0.2) is 4.98 Å². The van der Waals surface area contributed by atoms with Crippen molar-refractivity contribution in [3.8, 4) is 11.4 Å². The van der Waals surface area contributed by atoms with Gasteiger partial charge in [-0.3, -0.25) is 9.59 Å². The van der Waals surface area contributed by atoms with E-state index in [-0.39, 0.29) is 12.2 Å². The number of halogens is 1. The molecule has 0 unspecified atom stereocenters. The topological polar surface area (TPSA) is 93.5 Å². The maximum atomic E-state index is 13.4. The number of carbonyl (C=O) groups excluding carboxylic acids is 1. The number of ether oxygens (including phenoxy) is 1. The van der Waals surface area contributed by atoms with Crippen molar-refractivity contribution in [3.63, 3.8) is 0 Å². The molecule has 2 aromatic heterocycles. The number of hydrogen-bond acceptors (Lipinski definition) is 6. The summed E-state index contributed by atoms with van der Waals surface area (Å²) in [6.45, 7) is 4.89. The number of rotatable bonds is 1. The zero-order valence-electron chi connectivity index (χ0n) is 17.8. The van der Waals surface area contributed by atoms with Gasteiger partial charge in [0.25, 0.3) is 5.56 Å². The van der Waals surface area contributed by atoms with Crippen LogP contribution < -0.4 is 10.9 Å². The lowest BCUT2D eigenvalue weighted by Crippen LogP contribution is -2.26. The van der Waals surface area contributed by atoms with Gasteiger partial charge >= 0.3 is 5.97 Å². The lowest BCUT2D eigenvalue weighted by Gasteiger charge is -2.23. The van der Waals surface area contributed by atoms with Crippen molar-refractivity contribution in [2.45, 2.75) is 45.9 Å². The molecule has 8 heteroatoms.